The average molecular weight is 392 g/mol. The predicted molar refractivity (Wildman–Crippen MR) is 105 cm³/mol. The number of pyridine rings is 1. The SMILES string of the molecule is O=C(Cc1cccnc1)N1CCC[C@H](c2nccnc2Oc2cccc(F)c2)C1. The molecule has 2 aromatic heterocycles. The van der Waals surface area contributed by atoms with Gasteiger partial charge in [-0.15, -0.1) is 0 Å². The van der Waals surface area contributed by atoms with Gasteiger partial charge in [0.15, 0.2) is 0 Å². The van der Waals surface area contributed by atoms with Crippen LogP contribution in [0.15, 0.2) is 61.2 Å². The van der Waals surface area contributed by atoms with E-state index in [0.29, 0.717) is 30.3 Å². The molecule has 7 heteroatoms. The molecule has 3 aromatic rings. The van der Waals surface area contributed by atoms with Gasteiger partial charge in [0, 0.05) is 49.9 Å². The Morgan fingerprint density at radius 1 is 1.17 bits per heavy atom. The van der Waals surface area contributed by atoms with Crippen LogP contribution in [0, 0.1) is 5.82 Å². The molecule has 3 heterocycles. The minimum Gasteiger partial charge on any atom is -0.437 e. The maximum absolute atomic E-state index is 13.5. The number of carbonyl (C=O) groups is 1. The number of hydrogen-bond donors (Lipinski definition) is 0. The van der Waals surface area contributed by atoms with Crippen molar-refractivity contribution in [2.24, 2.45) is 0 Å². The standard InChI is InChI=1S/C22H21FN4O2/c23-18-6-1-7-19(13-18)29-22-21(25-9-10-26-22)17-5-3-11-27(15-17)20(28)12-16-4-2-8-24-14-16/h1-2,4,6-10,13-14,17H,3,5,11-12,15H2/t17-/m0/s1. The molecule has 6 nitrogen and oxygen atoms in total. The summed E-state index contributed by atoms with van der Waals surface area (Å²) < 4.78 is 19.3. The van der Waals surface area contributed by atoms with Gasteiger partial charge < -0.3 is 9.64 Å². The number of rotatable bonds is 5. The molecule has 1 aromatic carbocycles. The predicted octanol–water partition coefficient (Wildman–Crippen LogP) is 3.75. The fraction of sp³-hybridized carbons (Fsp3) is 0.273. The molecule has 4 rings (SSSR count). The fourth-order valence-electron chi connectivity index (χ4n) is 3.55. The Bertz CT molecular complexity index is 983. The van der Waals surface area contributed by atoms with Crippen LogP contribution in [0.25, 0.3) is 0 Å². The fourth-order valence-corrected chi connectivity index (χ4v) is 3.55. The Hall–Kier alpha value is -3.35. The van der Waals surface area contributed by atoms with Crippen molar-refractivity contribution in [2.75, 3.05) is 13.1 Å². The summed E-state index contributed by atoms with van der Waals surface area (Å²) in [5.74, 6) is 0.424. The van der Waals surface area contributed by atoms with Crippen molar-refractivity contribution in [3.8, 4) is 11.6 Å². The number of hydrogen-bond acceptors (Lipinski definition) is 5. The van der Waals surface area contributed by atoms with E-state index in [2.05, 4.69) is 15.0 Å². The number of ether oxygens (including phenoxy) is 1. The van der Waals surface area contributed by atoms with Crippen molar-refractivity contribution in [2.45, 2.75) is 25.2 Å². The van der Waals surface area contributed by atoms with Crippen LogP contribution in [0.2, 0.25) is 0 Å². The molecule has 29 heavy (non-hydrogen) atoms. The Morgan fingerprint density at radius 2 is 2.07 bits per heavy atom. The van der Waals surface area contributed by atoms with E-state index in [1.54, 1.807) is 36.9 Å². The molecule has 0 bridgehead atoms. The number of amides is 1. The Morgan fingerprint density at radius 3 is 2.90 bits per heavy atom. The summed E-state index contributed by atoms with van der Waals surface area (Å²) in [7, 11) is 0. The highest BCUT2D eigenvalue weighted by molar-refractivity contribution is 5.78. The zero-order chi connectivity index (χ0) is 20.1. The Labute approximate surface area is 168 Å². The van der Waals surface area contributed by atoms with E-state index < -0.39 is 0 Å². The van der Waals surface area contributed by atoms with Crippen molar-refractivity contribution < 1.29 is 13.9 Å². The number of halogens is 1. The van der Waals surface area contributed by atoms with Crippen molar-refractivity contribution in [1.82, 2.24) is 19.9 Å². The van der Waals surface area contributed by atoms with Gasteiger partial charge in [0.25, 0.3) is 0 Å². The molecule has 148 valence electrons. The van der Waals surface area contributed by atoms with Crippen LogP contribution < -0.4 is 4.74 Å². The van der Waals surface area contributed by atoms with Crippen LogP contribution in [0.1, 0.15) is 30.0 Å². The van der Waals surface area contributed by atoms with Crippen molar-refractivity contribution in [3.05, 3.63) is 78.3 Å². The van der Waals surface area contributed by atoms with Crippen molar-refractivity contribution in [1.29, 1.82) is 0 Å². The highest BCUT2D eigenvalue weighted by Crippen LogP contribution is 2.32. The molecular formula is C22H21FN4O2. The average Bonchev–Trinajstić information content (AvgIpc) is 2.75. The molecule has 0 aliphatic carbocycles. The van der Waals surface area contributed by atoms with E-state index in [-0.39, 0.29) is 17.6 Å². The van der Waals surface area contributed by atoms with Crippen LogP contribution in [-0.4, -0.2) is 38.8 Å². The molecule has 1 aliphatic rings. The molecular weight excluding hydrogens is 371 g/mol. The number of likely N-dealkylation sites (tertiary alicyclic amines) is 1. The van der Waals surface area contributed by atoms with Crippen molar-refractivity contribution >= 4 is 5.91 Å². The number of nitrogens with zero attached hydrogens (tertiary/aromatic N) is 4. The van der Waals surface area contributed by atoms with Gasteiger partial charge in [-0.1, -0.05) is 12.1 Å². The smallest absolute Gasteiger partial charge is 0.241 e. The lowest BCUT2D eigenvalue weighted by Gasteiger charge is -2.32. The van der Waals surface area contributed by atoms with Gasteiger partial charge in [0.1, 0.15) is 17.3 Å². The topological polar surface area (TPSA) is 68.2 Å². The first kappa shape index (κ1) is 19.0. The minimum absolute atomic E-state index is 0.0128. The van der Waals surface area contributed by atoms with Gasteiger partial charge >= 0.3 is 0 Å². The first-order chi connectivity index (χ1) is 14.2. The monoisotopic (exact) mass is 392 g/mol. The quantitative estimate of drug-likeness (QED) is 0.661. The van der Waals surface area contributed by atoms with Crippen LogP contribution in [0.4, 0.5) is 4.39 Å². The molecule has 0 N–H and O–H groups in total. The number of piperidine rings is 1. The molecule has 1 aliphatic heterocycles. The first-order valence-electron chi connectivity index (χ1n) is 9.60. The summed E-state index contributed by atoms with van der Waals surface area (Å²) in [6, 6.07) is 9.66. The van der Waals surface area contributed by atoms with E-state index in [0.717, 1.165) is 24.9 Å². The lowest BCUT2D eigenvalue weighted by molar-refractivity contribution is -0.131. The van der Waals surface area contributed by atoms with Gasteiger partial charge in [-0.3, -0.25) is 14.8 Å². The van der Waals surface area contributed by atoms with Gasteiger partial charge in [-0.05, 0) is 36.6 Å². The second kappa shape index (κ2) is 8.77. The molecule has 0 unspecified atom stereocenters. The number of benzene rings is 1. The first-order valence-corrected chi connectivity index (χ1v) is 9.60. The molecule has 1 saturated heterocycles. The zero-order valence-corrected chi connectivity index (χ0v) is 15.9. The molecule has 0 saturated carbocycles. The lowest BCUT2D eigenvalue weighted by Crippen LogP contribution is -2.40. The maximum Gasteiger partial charge on any atom is 0.241 e. The third kappa shape index (κ3) is 4.74. The zero-order valence-electron chi connectivity index (χ0n) is 15.9. The summed E-state index contributed by atoms with van der Waals surface area (Å²) in [6.07, 6.45) is 8.66. The summed E-state index contributed by atoms with van der Waals surface area (Å²) in [4.78, 5) is 27.4. The molecule has 1 atom stereocenters. The van der Waals surface area contributed by atoms with Crippen LogP contribution in [0.5, 0.6) is 11.6 Å². The van der Waals surface area contributed by atoms with Crippen LogP contribution in [-0.2, 0) is 11.2 Å². The lowest BCUT2D eigenvalue weighted by atomic mass is 9.94. The normalized spacial score (nSPS) is 16.4. The molecule has 0 radical (unpaired) electrons. The summed E-state index contributed by atoms with van der Waals surface area (Å²) >= 11 is 0. The summed E-state index contributed by atoms with van der Waals surface area (Å²) in [5, 5.41) is 0. The second-order valence-electron chi connectivity index (χ2n) is 7.02. The second-order valence-corrected chi connectivity index (χ2v) is 7.02. The van der Waals surface area contributed by atoms with E-state index in [1.165, 1.54) is 12.1 Å². The van der Waals surface area contributed by atoms with Gasteiger partial charge in [0.2, 0.25) is 11.8 Å². The van der Waals surface area contributed by atoms with Crippen LogP contribution >= 0.6 is 0 Å². The minimum atomic E-state index is -0.377. The third-order valence-corrected chi connectivity index (χ3v) is 4.94. The van der Waals surface area contributed by atoms with Gasteiger partial charge in [0.05, 0.1) is 6.42 Å². The molecule has 0 spiro atoms. The van der Waals surface area contributed by atoms with E-state index in [1.807, 2.05) is 17.0 Å². The molecule has 1 fully saturated rings. The summed E-state index contributed by atoms with van der Waals surface area (Å²) in [6.45, 7) is 1.27. The third-order valence-electron chi connectivity index (χ3n) is 4.94. The van der Waals surface area contributed by atoms with Gasteiger partial charge in [-0.2, -0.15) is 0 Å². The molecule has 1 amide bonds. The number of aromatic nitrogens is 3. The summed E-state index contributed by atoms with van der Waals surface area (Å²) in [5.41, 5.74) is 1.59. The van der Waals surface area contributed by atoms with E-state index >= 15 is 0 Å². The van der Waals surface area contributed by atoms with Gasteiger partial charge in [-0.25, -0.2) is 9.37 Å². The van der Waals surface area contributed by atoms with E-state index in [9.17, 15) is 9.18 Å². The Balaban J connectivity index is 1.49. The Kier molecular flexibility index (Phi) is 5.74. The largest absolute Gasteiger partial charge is 0.437 e. The van der Waals surface area contributed by atoms with Crippen LogP contribution in [0.3, 0.4) is 0 Å². The number of carbonyl (C=O) groups excluding carboxylic acids is 1. The maximum atomic E-state index is 13.5. The highest BCUT2D eigenvalue weighted by atomic mass is 19.1. The highest BCUT2D eigenvalue weighted by Gasteiger charge is 2.28. The van der Waals surface area contributed by atoms with E-state index in [4.69, 9.17) is 4.74 Å². The van der Waals surface area contributed by atoms with Crippen molar-refractivity contribution in [3.63, 3.8) is 0 Å².